The molecule has 104 valence electrons. The largest absolute Gasteiger partial charge is 0.467 e. The zero-order valence-corrected chi connectivity index (χ0v) is 12.4. The average molecular weight is 281 g/mol. The van der Waals surface area contributed by atoms with E-state index in [1.54, 1.807) is 12.1 Å². The van der Waals surface area contributed by atoms with Crippen molar-refractivity contribution in [2.24, 2.45) is 5.92 Å². The van der Waals surface area contributed by atoms with Crippen LogP contribution in [0.5, 0.6) is 0 Å². The van der Waals surface area contributed by atoms with E-state index in [0.29, 0.717) is 5.56 Å². The molecule has 0 saturated heterocycles. The number of esters is 1. The van der Waals surface area contributed by atoms with Crippen LogP contribution < -0.4 is 5.32 Å². The van der Waals surface area contributed by atoms with Crippen molar-refractivity contribution in [1.29, 1.82) is 0 Å². The van der Waals surface area contributed by atoms with E-state index in [0.717, 1.165) is 4.90 Å². The summed E-state index contributed by atoms with van der Waals surface area (Å²) < 4.78 is 4.71. The highest BCUT2D eigenvalue weighted by Gasteiger charge is 2.25. The van der Waals surface area contributed by atoms with Gasteiger partial charge in [0.15, 0.2) is 0 Å². The van der Waals surface area contributed by atoms with E-state index < -0.39 is 12.0 Å². The van der Waals surface area contributed by atoms with Crippen LogP contribution in [0.25, 0.3) is 0 Å². The molecular weight excluding hydrogens is 262 g/mol. The molecule has 0 aliphatic heterocycles. The number of carbonyl (C=O) groups excluding carboxylic acids is 2. The van der Waals surface area contributed by atoms with Crippen LogP contribution >= 0.6 is 11.8 Å². The highest BCUT2D eigenvalue weighted by atomic mass is 32.2. The summed E-state index contributed by atoms with van der Waals surface area (Å²) in [5, 5.41) is 2.73. The minimum atomic E-state index is -0.632. The van der Waals surface area contributed by atoms with Gasteiger partial charge in [-0.25, -0.2) is 4.79 Å². The normalized spacial score (nSPS) is 12.1. The Morgan fingerprint density at radius 3 is 2.42 bits per heavy atom. The Kier molecular flexibility index (Phi) is 5.89. The van der Waals surface area contributed by atoms with Crippen molar-refractivity contribution < 1.29 is 14.3 Å². The first kappa shape index (κ1) is 15.6. The lowest BCUT2D eigenvalue weighted by molar-refractivity contribution is -0.144. The fourth-order valence-electron chi connectivity index (χ4n) is 1.68. The van der Waals surface area contributed by atoms with Crippen LogP contribution in [0.15, 0.2) is 29.2 Å². The number of nitrogens with one attached hydrogen (secondary N) is 1. The predicted molar refractivity (Wildman–Crippen MR) is 76.3 cm³/mol. The number of thioether (sulfide) groups is 1. The maximum Gasteiger partial charge on any atom is 0.328 e. The molecule has 1 rings (SSSR count). The van der Waals surface area contributed by atoms with Gasteiger partial charge in [0.1, 0.15) is 6.04 Å². The summed E-state index contributed by atoms with van der Waals surface area (Å²) in [4.78, 5) is 24.7. The lowest BCUT2D eigenvalue weighted by Gasteiger charge is -2.20. The average Bonchev–Trinajstić information content (AvgIpc) is 2.43. The minimum Gasteiger partial charge on any atom is -0.467 e. The van der Waals surface area contributed by atoms with Gasteiger partial charge in [0.05, 0.1) is 12.7 Å². The molecule has 5 heteroatoms. The third-order valence-corrected chi connectivity index (χ3v) is 3.56. The molecule has 0 spiro atoms. The van der Waals surface area contributed by atoms with Gasteiger partial charge in [-0.05, 0) is 24.3 Å². The Morgan fingerprint density at radius 1 is 1.26 bits per heavy atom. The standard InChI is InChI=1S/C14H19NO3S/c1-9(2)12(14(17)18-3)15-13(16)10-7-5-6-8-11(10)19-4/h5-9,12H,1-4H3,(H,15,16). The molecule has 0 radical (unpaired) electrons. The second kappa shape index (κ2) is 7.19. The Morgan fingerprint density at radius 2 is 1.89 bits per heavy atom. The topological polar surface area (TPSA) is 55.4 Å². The van der Waals surface area contributed by atoms with Crippen molar-refractivity contribution in [3.63, 3.8) is 0 Å². The summed E-state index contributed by atoms with van der Waals surface area (Å²) in [6.07, 6.45) is 1.91. The molecule has 4 nitrogen and oxygen atoms in total. The molecule has 0 aromatic heterocycles. The van der Waals surface area contributed by atoms with E-state index in [1.165, 1.54) is 18.9 Å². The van der Waals surface area contributed by atoms with Gasteiger partial charge in [-0.3, -0.25) is 4.79 Å². The molecule has 1 amide bonds. The second-order valence-electron chi connectivity index (χ2n) is 4.42. The van der Waals surface area contributed by atoms with Crippen LogP contribution in [-0.2, 0) is 9.53 Å². The highest BCUT2D eigenvalue weighted by Crippen LogP contribution is 2.20. The van der Waals surface area contributed by atoms with Crippen LogP contribution in [0.1, 0.15) is 24.2 Å². The summed E-state index contributed by atoms with van der Waals surface area (Å²) in [5.41, 5.74) is 0.574. The molecule has 1 unspecified atom stereocenters. The SMILES string of the molecule is COC(=O)C(NC(=O)c1ccccc1SC)C(C)C. The molecule has 0 saturated carbocycles. The van der Waals surface area contributed by atoms with Gasteiger partial charge in [0, 0.05) is 4.90 Å². The Balaban J connectivity index is 2.91. The van der Waals surface area contributed by atoms with Gasteiger partial charge < -0.3 is 10.1 Å². The van der Waals surface area contributed by atoms with Gasteiger partial charge in [-0.1, -0.05) is 26.0 Å². The Hall–Kier alpha value is -1.49. The number of ether oxygens (including phenoxy) is 1. The third-order valence-electron chi connectivity index (χ3n) is 2.76. The molecule has 19 heavy (non-hydrogen) atoms. The molecule has 1 aromatic carbocycles. The lowest BCUT2D eigenvalue weighted by Crippen LogP contribution is -2.45. The molecule has 0 bridgehead atoms. The summed E-state index contributed by atoms with van der Waals surface area (Å²) in [6.45, 7) is 3.73. The van der Waals surface area contributed by atoms with Gasteiger partial charge >= 0.3 is 5.97 Å². The van der Waals surface area contributed by atoms with Gasteiger partial charge in [0.25, 0.3) is 5.91 Å². The number of benzene rings is 1. The Labute approximate surface area is 117 Å². The van der Waals surface area contributed by atoms with Crippen molar-refractivity contribution >= 4 is 23.6 Å². The first-order chi connectivity index (χ1) is 9.01. The second-order valence-corrected chi connectivity index (χ2v) is 5.27. The molecule has 1 aromatic rings. The van der Waals surface area contributed by atoms with E-state index in [9.17, 15) is 9.59 Å². The monoisotopic (exact) mass is 281 g/mol. The predicted octanol–water partition coefficient (Wildman–Crippen LogP) is 2.34. The van der Waals surface area contributed by atoms with Crippen molar-refractivity contribution in [2.45, 2.75) is 24.8 Å². The fraction of sp³-hybridized carbons (Fsp3) is 0.429. The number of methoxy groups -OCH3 is 1. The maximum atomic E-state index is 12.2. The number of hydrogen-bond donors (Lipinski definition) is 1. The van der Waals surface area contributed by atoms with Crippen LogP contribution in [0.4, 0.5) is 0 Å². The zero-order valence-electron chi connectivity index (χ0n) is 11.6. The van der Waals surface area contributed by atoms with Gasteiger partial charge in [0.2, 0.25) is 0 Å². The summed E-state index contributed by atoms with van der Waals surface area (Å²) in [6, 6.07) is 6.67. The zero-order chi connectivity index (χ0) is 14.4. The number of amides is 1. The highest BCUT2D eigenvalue weighted by molar-refractivity contribution is 7.98. The molecule has 0 aliphatic carbocycles. The first-order valence-electron chi connectivity index (χ1n) is 6.03. The van der Waals surface area contributed by atoms with E-state index >= 15 is 0 Å². The number of hydrogen-bond acceptors (Lipinski definition) is 4. The van der Waals surface area contributed by atoms with Crippen LogP contribution in [0.2, 0.25) is 0 Å². The molecular formula is C14H19NO3S. The molecule has 1 N–H and O–H groups in total. The quantitative estimate of drug-likeness (QED) is 0.665. The number of carbonyl (C=O) groups is 2. The van der Waals surface area contributed by atoms with Gasteiger partial charge in [-0.15, -0.1) is 11.8 Å². The molecule has 0 fully saturated rings. The minimum absolute atomic E-state index is 0.0298. The van der Waals surface area contributed by atoms with Crippen LogP contribution in [0, 0.1) is 5.92 Å². The third kappa shape index (κ3) is 3.99. The van der Waals surface area contributed by atoms with Crippen molar-refractivity contribution in [3.05, 3.63) is 29.8 Å². The molecule has 1 atom stereocenters. The van der Waals surface area contributed by atoms with E-state index in [2.05, 4.69) is 5.32 Å². The maximum absolute atomic E-state index is 12.2. The smallest absolute Gasteiger partial charge is 0.328 e. The first-order valence-corrected chi connectivity index (χ1v) is 7.25. The number of rotatable bonds is 5. The van der Waals surface area contributed by atoms with Crippen LogP contribution in [0.3, 0.4) is 0 Å². The lowest BCUT2D eigenvalue weighted by atomic mass is 10.0. The van der Waals surface area contributed by atoms with Crippen molar-refractivity contribution in [2.75, 3.05) is 13.4 Å². The van der Waals surface area contributed by atoms with Gasteiger partial charge in [-0.2, -0.15) is 0 Å². The van der Waals surface area contributed by atoms with Crippen molar-refractivity contribution in [3.8, 4) is 0 Å². The Bertz CT molecular complexity index is 460. The summed E-state index contributed by atoms with van der Waals surface area (Å²) in [7, 11) is 1.32. The summed E-state index contributed by atoms with van der Waals surface area (Å²) in [5.74, 6) is -0.711. The van der Waals surface area contributed by atoms with Crippen molar-refractivity contribution in [1.82, 2.24) is 5.32 Å². The van der Waals surface area contributed by atoms with E-state index in [1.807, 2.05) is 32.2 Å². The summed E-state index contributed by atoms with van der Waals surface area (Å²) >= 11 is 1.50. The van der Waals surface area contributed by atoms with E-state index in [-0.39, 0.29) is 11.8 Å². The fourth-order valence-corrected chi connectivity index (χ4v) is 2.27. The molecule has 0 aliphatic rings. The molecule has 0 heterocycles. The van der Waals surface area contributed by atoms with Crippen LogP contribution in [-0.4, -0.2) is 31.3 Å². The van der Waals surface area contributed by atoms with E-state index in [4.69, 9.17) is 4.74 Å².